The number of carbonyl (C=O) groups is 1. The zero-order valence-corrected chi connectivity index (χ0v) is 14.7. The summed E-state index contributed by atoms with van der Waals surface area (Å²) in [5.74, 6) is 0.245. The smallest absolute Gasteiger partial charge is 0.280 e. The fourth-order valence-corrected chi connectivity index (χ4v) is 5.32. The maximum Gasteiger partial charge on any atom is 0.280 e. The van der Waals surface area contributed by atoms with Crippen molar-refractivity contribution in [3.8, 4) is 0 Å². The summed E-state index contributed by atoms with van der Waals surface area (Å²) in [5.41, 5.74) is 0. The quantitative estimate of drug-likeness (QED) is 0.906. The van der Waals surface area contributed by atoms with Gasteiger partial charge < -0.3 is 10.2 Å². The fourth-order valence-electron chi connectivity index (χ4n) is 3.42. The number of hydrogen-bond acceptors (Lipinski definition) is 5. The summed E-state index contributed by atoms with van der Waals surface area (Å²) in [6.45, 7) is 3.26. The highest BCUT2D eigenvalue weighted by Gasteiger charge is 2.35. The highest BCUT2D eigenvalue weighted by molar-refractivity contribution is 8.01. The number of fused-ring (bicyclic) bond motifs is 3. The number of rotatable bonds is 4. The Balaban J connectivity index is 1.40. The lowest BCUT2D eigenvalue weighted by Gasteiger charge is -2.44. The standard InChI is InChI=1S/C17H18FN3OS2/c18-12-2-1-3-13(8-12)23-15-9-19-17(24-15)16(22)20-14-10-21-6-4-11(14)5-7-21/h1-3,8-9,11,14H,4-7,10H2,(H,20,22). The molecule has 1 aromatic heterocycles. The van der Waals surface area contributed by atoms with Crippen LogP contribution in [0.3, 0.4) is 0 Å². The topological polar surface area (TPSA) is 45.2 Å². The van der Waals surface area contributed by atoms with Crippen molar-refractivity contribution in [2.75, 3.05) is 19.6 Å². The van der Waals surface area contributed by atoms with Crippen LogP contribution in [0.4, 0.5) is 4.39 Å². The minimum atomic E-state index is -0.259. The van der Waals surface area contributed by atoms with E-state index in [1.165, 1.54) is 48.1 Å². The van der Waals surface area contributed by atoms with Gasteiger partial charge in [0.1, 0.15) is 5.82 Å². The van der Waals surface area contributed by atoms with E-state index in [-0.39, 0.29) is 17.8 Å². The largest absolute Gasteiger partial charge is 0.346 e. The molecular formula is C17H18FN3OS2. The minimum Gasteiger partial charge on any atom is -0.346 e. The average molecular weight is 363 g/mol. The summed E-state index contributed by atoms with van der Waals surface area (Å²) < 4.78 is 14.1. The van der Waals surface area contributed by atoms with Crippen LogP contribution >= 0.6 is 23.1 Å². The van der Waals surface area contributed by atoms with Crippen molar-refractivity contribution in [2.45, 2.75) is 28.0 Å². The predicted octanol–water partition coefficient (Wildman–Crippen LogP) is 3.26. The molecule has 1 amide bonds. The molecule has 3 aliphatic rings. The summed E-state index contributed by atoms with van der Waals surface area (Å²) >= 11 is 2.78. The molecule has 0 aliphatic carbocycles. The third kappa shape index (κ3) is 3.48. The van der Waals surface area contributed by atoms with E-state index in [1.54, 1.807) is 12.3 Å². The van der Waals surface area contributed by atoms with E-state index in [9.17, 15) is 9.18 Å². The van der Waals surface area contributed by atoms with E-state index in [1.807, 2.05) is 6.07 Å². The van der Waals surface area contributed by atoms with Gasteiger partial charge in [-0.1, -0.05) is 17.8 Å². The van der Waals surface area contributed by atoms with Crippen LogP contribution in [0.15, 0.2) is 39.6 Å². The second kappa shape index (κ2) is 6.82. The van der Waals surface area contributed by atoms with Crippen LogP contribution in [0.5, 0.6) is 0 Å². The normalized spacial score (nSPS) is 25.6. The van der Waals surface area contributed by atoms with Crippen molar-refractivity contribution in [2.24, 2.45) is 5.92 Å². The molecule has 1 N–H and O–H groups in total. The van der Waals surface area contributed by atoms with Gasteiger partial charge in [-0.05, 0) is 50.0 Å². The van der Waals surface area contributed by atoms with Crippen LogP contribution in [-0.4, -0.2) is 41.5 Å². The van der Waals surface area contributed by atoms with Crippen molar-refractivity contribution in [3.63, 3.8) is 0 Å². The first-order valence-corrected chi connectivity index (χ1v) is 9.73. The van der Waals surface area contributed by atoms with Gasteiger partial charge in [0.2, 0.25) is 0 Å². The Bertz CT molecular complexity index is 743. The molecule has 1 atom stereocenters. The molecule has 7 heteroatoms. The number of hydrogen-bond donors (Lipinski definition) is 1. The third-order valence-corrected chi connectivity index (χ3v) is 6.75. The summed E-state index contributed by atoms with van der Waals surface area (Å²) in [5, 5.41) is 3.63. The Kier molecular flexibility index (Phi) is 4.56. The van der Waals surface area contributed by atoms with E-state index in [2.05, 4.69) is 15.2 Å². The average Bonchev–Trinajstić information content (AvgIpc) is 3.05. The van der Waals surface area contributed by atoms with Crippen LogP contribution in [0.25, 0.3) is 0 Å². The van der Waals surface area contributed by atoms with Crippen LogP contribution in [-0.2, 0) is 0 Å². The first-order chi connectivity index (χ1) is 11.7. The Labute approximate surface area is 148 Å². The van der Waals surface area contributed by atoms with Crippen molar-refractivity contribution in [1.29, 1.82) is 0 Å². The molecule has 0 saturated carbocycles. The summed E-state index contributed by atoms with van der Waals surface area (Å²) in [6, 6.07) is 6.67. The molecule has 4 heterocycles. The lowest BCUT2D eigenvalue weighted by atomic mass is 9.84. The molecule has 0 radical (unpaired) electrons. The molecule has 126 valence electrons. The molecule has 2 aromatic rings. The molecule has 4 nitrogen and oxygen atoms in total. The van der Waals surface area contributed by atoms with E-state index < -0.39 is 0 Å². The Morgan fingerprint density at radius 3 is 2.92 bits per heavy atom. The van der Waals surface area contributed by atoms with Gasteiger partial charge in [0.15, 0.2) is 5.01 Å². The molecule has 2 bridgehead atoms. The predicted molar refractivity (Wildman–Crippen MR) is 93.1 cm³/mol. The Morgan fingerprint density at radius 1 is 1.38 bits per heavy atom. The van der Waals surface area contributed by atoms with Gasteiger partial charge in [0.05, 0.1) is 10.4 Å². The van der Waals surface area contributed by atoms with E-state index in [0.29, 0.717) is 10.9 Å². The Morgan fingerprint density at radius 2 is 2.21 bits per heavy atom. The number of nitrogens with one attached hydrogen (secondary N) is 1. The molecule has 1 aromatic carbocycles. The number of piperidine rings is 3. The van der Waals surface area contributed by atoms with E-state index >= 15 is 0 Å². The summed E-state index contributed by atoms with van der Waals surface area (Å²) in [4.78, 5) is 19.9. The van der Waals surface area contributed by atoms with Gasteiger partial charge in [-0.3, -0.25) is 4.79 Å². The van der Waals surface area contributed by atoms with Crippen molar-refractivity contribution in [1.82, 2.24) is 15.2 Å². The van der Waals surface area contributed by atoms with Crippen LogP contribution in [0, 0.1) is 11.7 Å². The van der Waals surface area contributed by atoms with Gasteiger partial charge in [0, 0.05) is 17.5 Å². The van der Waals surface area contributed by atoms with Gasteiger partial charge in [0.25, 0.3) is 5.91 Å². The second-order valence-corrected chi connectivity index (χ2v) is 8.67. The van der Waals surface area contributed by atoms with Gasteiger partial charge >= 0.3 is 0 Å². The molecule has 3 saturated heterocycles. The van der Waals surface area contributed by atoms with Crippen LogP contribution in [0.1, 0.15) is 22.6 Å². The third-order valence-electron chi connectivity index (χ3n) is 4.67. The minimum absolute atomic E-state index is 0.0927. The SMILES string of the molecule is O=C(NC1CN2CCC1CC2)c1ncc(Sc2cccc(F)c2)s1. The molecule has 3 fully saturated rings. The number of nitrogens with zero attached hydrogens (tertiary/aromatic N) is 2. The number of amides is 1. The zero-order chi connectivity index (χ0) is 16.5. The van der Waals surface area contributed by atoms with Crippen molar-refractivity contribution < 1.29 is 9.18 Å². The molecule has 3 aliphatic heterocycles. The Hall–Kier alpha value is -1.44. The number of thiazole rings is 1. The summed E-state index contributed by atoms with van der Waals surface area (Å²) in [7, 11) is 0. The molecule has 24 heavy (non-hydrogen) atoms. The maximum absolute atomic E-state index is 13.2. The second-order valence-electron chi connectivity index (χ2n) is 6.26. The van der Waals surface area contributed by atoms with E-state index in [0.717, 1.165) is 28.7 Å². The molecule has 0 spiro atoms. The number of halogens is 1. The lowest BCUT2D eigenvalue weighted by molar-refractivity contribution is 0.0620. The van der Waals surface area contributed by atoms with Gasteiger partial charge in [-0.2, -0.15) is 0 Å². The molecular weight excluding hydrogens is 345 g/mol. The highest BCUT2D eigenvalue weighted by atomic mass is 32.2. The van der Waals surface area contributed by atoms with Crippen molar-refractivity contribution in [3.05, 3.63) is 41.3 Å². The monoisotopic (exact) mass is 363 g/mol. The molecule has 1 unspecified atom stereocenters. The van der Waals surface area contributed by atoms with E-state index in [4.69, 9.17) is 0 Å². The lowest BCUT2D eigenvalue weighted by Crippen LogP contribution is -2.57. The first kappa shape index (κ1) is 16.1. The number of carbonyl (C=O) groups excluding carboxylic acids is 1. The maximum atomic E-state index is 13.2. The van der Waals surface area contributed by atoms with Gasteiger partial charge in [-0.15, -0.1) is 11.3 Å². The fraction of sp³-hybridized carbons (Fsp3) is 0.412. The van der Waals surface area contributed by atoms with Crippen molar-refractivity contribution >= 4 is 29.0 Å². The highest BCUT2D eigenvalue weighted by Crippen LogP contribution is 2.33. The molecule has 5 rings (SSSR count). The van der Waals surface area contributed by atoms with Gasteiger partial charge in [-0.25, -0.2) is 9.37 Å². The summed E-state index contributed by atoms with van der Waals surface area (Å²) in [6.07, 6.45) is 4.03. The van der Waals surface area contributed by atoms with Crippen LogP contribution in [0.2, 0.25) is 0 Å². The first-order valence-electron chi connectivity index (χ1n) is 8.10. The zero-order valence-electron chi connectivity index (χ0n) is 13.1. The number of benzene rings is 1. The number of aromatic nitrogens is 1. The van der Waals surface area contributed by atoms with Crippen LogP contribution < -0.4 is 5.32 Å².